The van der Waals surface area contributed by atoms with E-state index in [4.69, 9.17) is 5.26 Å². The highest BCUT2D eigenvalue weighted by molar-refractivity contribution is 7.89. The summed E-state index contributed by atoms with van der Waals surface area (Å²) in [4.78, 5) is 12.6. The van der Waals surface area contributed by atoms with Gasteiger partial charge < -0.3 is 5.32 Å². The van der Waals surface area contributed by atoms with E-state index in [0.29, 0.717) is 29.9 Å². The smallest absolute Gasteiger partial charge is 0.255 e. The second-order valence-electron chi connectivity index (χ2n) is 6.49. The van der Waals surface area contributed by atoms with Crippen LogP contribution in [0.4, 0.5) is 5.69 Å². The number of rotatable bonds is 4. The van der Waals surface area contributed by atoms with E-state index in [0.717, 1.165) is 25.7 Å². The van der Waals surface area contributed by atoms with Crippen molar-refractivity contribution in [3.8, 4) is 6.07 Å². The Morgan fingerprint density at radius 3 is 2.30 bits per heavy atom. The lowest BCUT2D eigenvalue weighted by atomic mass is 10.2. The van der Waals surface area contributed by atoms with Crippen molar-refractivity contribution in [3.05, 3.63) is 59.7 Å². The monoisotopic (exact) mass is 383 g/mol. The number of carbonyl (C=O) groups is 1. The largest absolute Gasteiger partial charge is 0.322 e. The highest BCUT2D eigenvalue weighted by Crippen LogP contribution is 2.21. The van der Waals surface area contributed by atoms with Crippen LogP contribution in [0.25, 0.3) is 0 Å². The third-order valence-electron chi connectivity index (χ3n) is 4.57. The Balaban J connectivity index is 1.74. The van der Waals surface area contributed by atoms with Crippen molar-refractivity contribution < 1.29 is 13.2 Å². The average Bonchev–Trinajstić information content (AvgIpc) is 2.98. The van der Waals surface area contributed by atoms with Gasteiger partial charge in [0.15, 0.2) is 0 Å². The molecule has 2 aromatic carbocycles. The number of carbonyl (C=O) groups excluding carboxylic acids is 1. The number of benzene rings is 2. The predicted octanol–water partition coefficient (Wildman–Crippen LogP) is 3.38. The van der Waals surface area contributed by atoms with Gasteiger partial charge >= 0.3 is 0 Å². The molecule has 1 amide bonds. The second kappa shape index (κ2) is 8.33. The Morgan fingerprint density at radius 2 is 1.67 bits per heavy atom. The Hall–Kier alpha value is -2.69. The molecule has 140 valence electrons. The van der Waals surface area contributed by atoms with Gasteiger partial charge in [0.25, 0.3) is 5.91 Å². The molecule has 0 aliphatic carbocycles. The highest BCUT2D eigenvalue weighted by atomic mass is 32.2. The molecule has 2 aromatic rings. The number of hydrogen-bond acceptors (Lipinski definition) is 4. The zero-order valence-corrected chi connectivity index (χ0v) is 15.7. The van der Waals surface area contributed by atoms with E-state index >= 15 is 0 Å². The molecule has 1 fully saturated rings. The summed E-state index contributed by atoms with van der Waals surface area (Å²) in [7, 11) is -3.53. The summed E-state index contributed by atoms with van der Waals surface area (Å²) in [6.07, 6.45) is 3.86. The minimum absolute atomic E-state index is 0.201. The Morgan fingerprint density at radius 1 is 1.00 bits per heavy atom. The van der Waals surface area contributed by atoms with E-state index in [1.54, 1.807) is 24.3 Å². The van der Waals surface area contributed by atoms with Crippen molar-refractivity contribution in [2.24, 2.45) is 0 Å². The van der Waals surface area contributed by atoms with Gasteiger partial charge in [-0.15, -0.1) is 0 Å². The number of sulfonamides is 1. The molecule has 7 heteroatoms. The molecule has 27 heavy (non-hydrogen) atoms. The minimum Gasteiger partial charge on any atom is -0.322 e. The summed E-state index contributed by atoms with van der Waals surface area (Å²) in [6, 6.07) is 14.6. The summed E-state index contributed by atoms with van der Waals surface area (Å²) >= 11 is 0. The molecule has 0 atom stereocenters. The van der Waals surface area contributed by atoms with Gasteiger partial charge in [0, 0.05) is 24.3 Å². The van der Waals surface area contributed by atoms with E-state index in [1.807, 2.05) is 6.07 Å². The molecule has 1 aliphatic rings. The first kappa shape index (κ1) is 19.1. The van der Waals surface area contributed by atoms with Crippen LogP contribution < -0.4 is 5.32 Å². The van der Waals surface area contributed by atoms with Crippen LogP contribution in [0.15, 0.2) is 53.4 Å². The Labute approximate surface area is 159 Å². The first-order valence-corrected chi connectivity index (χ1v) is 10.4. The van der Waals surface area contributed by atoms with E-state index in [1.165, 1.54) is 28.6 Å². The van der Waals surface area contributed by atoms with Crippen molar-refractivity contribution in [1.82, 2.24) is 4.31 Å². The molecule has 0 bridgehead atoms. The molecule has 1 heterocycles. The Kier molecular flexibility index (Phi) is 5.89. The lowest BCUT2D eigenvalue weighted by Crippen LogP contribution is -2.31. The zero-order chi connectivity index (χ0) is 19.3. The van der Waals surface area contributed by atoms with Crippen molar-refractivity contribution in [2.45, 2.75) is 30.6 Å². The van der Waals surface area contributed by atoms with Gasteiger partial charge in [-0.2, -0.15) is 9.57 Å². The van der Waals surface area contributed by atoms with Crippen LogP contribution in [-0.2, 0) is 10.0 Å². The van der Waals surface area contributed by atoms with Gasteiger partial charge in [-0.3, -0.25) is 4.79 Å². The van der Waals surface area contributed by atoms with Crippen LogP contribution in [0, 0.1) is 11.3 Å². The molecule has 0 aromatic heterocycles. The van der Waals surface area contributed by atoms with Crippen molar-refractivity contribution in [2.75, 3.05) is 18.4 Å². The number of nitriles is 1. The number of hydrogen-bond donors (Lipinski definition) is 1. The first-order chi connectivity index (χ1) is 13.0. The number of anilines is 1. The molecule has 0 radical (unpaired) electrons. The van der Waals surface area contributed by atoms with Crippen LogP contribution in [-0.4, -0.2) is 31.7 Å². The third kappa shape index (κ3) is 4.54. The van der Waals surface area contributed by atoms with Gasteiger partial charge in [-0.1, -0.05) is 18.9 Å². The predicted molar refractivity (Wildman–Crippen MR) is 103 cm³/mol. The fourth-order valence-electron chi connectivity index (χ4n) is 3.08. The van der Waals surface area contributed by atoms with Gasteiger partial charge in [-0.05, 0) is 55.3 Å². The van der Waals surface area contributed by atoms with E-state index < -0.39 is 10.0 Å². The van der Waals surface area contributed by atoms with Crippen LogP contribution in [0.3, 0.4) is 0 Å². The average molecular weight is 383 g/mol. The van der Waals surface area contributed by atoms with Crippen molar-refractivity contribution >= 4 is 21.6 Å². The van der Waals surface area contributed by atoms with Crippen LogP contribution >= 0.6 is 0 Å². The minimum atomic E-state index is -3.53. The molecule has 3 rings (SSSR count). The quantitative estimate of drug-likeness (QED) is 0.876. The maximum atomic E-state index is 12.8. The van der Waals surface area contributed by atoms with E-state index in [2.05, 4.69) is 5.32 Å². The topological polar surface area (TPSA) is 90.3 Å². The molecule has 6 nitrogen and oxygen atoms in total. The molecule has 0 unspecified atom stereocenters. The fourth-order valence-corrected chi connectivity index (χ4v) is 4.60. The maximum absolute atomic E-state index is 12.8. The summed E-state index contributed by atoms with van der Waals surface area (Å²) in [5.41, 5.74) is 1.32. The summed E-state index contributed by atoms with van der Waals surface area (Å²) < 4.78 is 27.1. The molecule has 1 N–H and O–H groups in total. The third-order valence-corrected chi connectivity index (χ3v) is 6.48. The summed E-state index contributed by atoms with van der Waals surface area (Å²) in [6.45, 7) is 1.08. The van der Waals surface area contributed by atoms with Crippen LogP contribution in [0.2, 0.25) is 0 Å². The lowest BCUT2D eigenvalue weighted by Gasteiger charge is -2.20. The number of nitrogens with one attached hydrogen (secondary N) is 1. The van der Waals surface area contributed by atoms with Crippen LogP contribution in [0.5, 0.6) is 0 Å². The van der Waals surface area contributed by atoms with E-state index in [-0.39, 0.29) is 10.8 Å². The van der Waals surface area contributed by atoms with Gasteiger partial charge in [0.05, 0.1) is 16.5 Å². The molecule has 0 saturated carbocycles. The molecule has 0 spiro atoms. The number of nitrogens with zero attached hydrogens (tertiary/aromatic N) is 2. The summed E-state index contributed by atoms with van der Waals surface area (Å²) in [5, 5.41) is 11.6. The fraction of sp³-hybridized carbons (Fsp3) is 0.300. The van der Waals surface area contributed by atoms with Gasteiger partial charge in [-0.25, -0.2) is 8.42 Å². The molecular weight excluding hydrogens is 362 g/mol. The highest BCUT2D eigenvalue weighted by Gasteiger charge is 2.25. The van der Waals surface area contributed by atoms with Crippen molar-refractivity contribution in [3.63, 3.8) is 0 Å². The lowest BCUT2D eigenvalue weighted by molar-refractivity contribution is 0.102. The normalized spacial score (nSPS) is 15.5. The molecular formula is C20H21N3O3S. The number of amides is 1. The second-order valence-corrected chi connectivity index (χ2v) is 8.43. The molecule has 1 saturated heterocycles. The van der Waals surface area contributed by atoms with Gasteiger partial charge in [0.1, 0.15) is 0 Å². The standard InChI is InChI=1S/C20H21N3O3S/c21-15-16-6-5-7-18(14-16)22-20(24)17-8-10-19(11-9-17)27(25,26)23-12-3-1-2-4-13-23/h5-11,14H,1-4,12-13H2,(H,22,24). The SMILES string of the molecule is N#Cc1cccc(NC(=O)c2ccc(S(=O)(=O)N3CCCCCC3)cc2)c1. The molecule has 1 aliphatic heterocycles. The first-order valence-electron chi connectivity index (χ1n) is 8.92. The van der Waals surface area contributed by atoms with Gasteiger partial charge in [0.2, 0.25) is 10.0 Å². The van der Waals surface area contributed by atoms with E-state index in [9.17, 15) is 13.2 Å². The zero-order valence-electron chi connectivity index (χ0n) is 14.9. The van der Waals surface area contributed by atoms with Crippen molar-refractivity contribution in [1.29, 1.82) is 5.26 Å². The Bertz CT molecular complexity index is 955. The maximum Gasteiger partial charge on any atom is 0.255 e. The summed E-state index contributed by atoms with van der Waals surface area (Å²) in [5.74, 6) is -0.358. The van der Waals surface area contributed by atoms with Crippen LogP contribution in [0.1, 0.15) is 41.6 Å².